The van der Waals surface area contributed by atoms with E-state index in [-0.39, 0.29) is 19.6 Å². The van der Waals surface area contributed by atoms with Crippen LogP contribution in [0.5, 0.6) is 5.75 Å². The number of amides is 1. The smallest absolute Gasteiger partial charge is 0.323 e. The van der Waals surface area contributed by atoms with E-state index in [0.29, 0.717) is 32.9 Å². The Balaban J connectivity index is 1.70. The van der Waals surface area contributed by atoms with E-state index in [1.807, 2.05) is 6.07 Å². The molecule has 3 aromatic rings. The molecule has 35 heavy (non-hydrogen) atoms. The Kier molecular flexibility index (Phi) is 8.81. The molecule has 0 radical (unpaired) electrons. The van der Waals surface area contributed by atoms with Crippen molar-refractivity contribution in [3.05, 3.63) is 83.4 Å². The molecule has 0 heterocycles. The zero-order valence-corrected chi connectivity index (χ0v) is 19.6. The average Bonchev–Trinajstić information content (AvgIpc) is 2.86. The third-order valence-corrected chi connectivity index (χ3v) is 5.87. The summed E-state index contributed by atoms with van der Waals surface area (Å²) in [6.07, 6.45) is 1.82. The monoisotopic (exact) mass is 496 g/mol. The maximum absolute atomic E-state index is 13.8. The van der Waals surface area contributed by atoms with Crippen molar-refractivity contribution in [3.8, 4) is 22.9 Å². The highest BCUT2D eigenvalue weighted by Gasteiger charge is 2.18. The molecule has 0 aliphatic heterocycles. The van der Waals surface area contributed by atoms with Crippen molar-refractivity contribution >= 4 is 23.6 Å². The highest BCUT2D eigenvalue weighted by atomic mass is 32.2. The minimum Gasteiger partial charge on any atom is -0.489 e. The SMILES string of the molecule is CSc1cc(F)c(F)cc1-c1ccc(OCc2cccc(C(=O)N(CCC#N)CC(=O)O)c2)cc1. The number of carbonyl (C=O) groups is 2. The molecule has 3 rings (SSSR count). The molecule has 180 valence electrons. The third-order valence-electron chi connectivity index (χ3n) is 5.09. The predicted octanol–water partition coefficient (Wildman–Crippen LogP) is 5.37. The van der Waals surface area contributed by atoms with Crippen LogP contribution in [0, 0.1) is 23.0 Å². The Hall–Kier alpha value is -3.90. The van der Waals surface area contributed by atoms with E-state index in [4.69, 9.17) is 15.1 Å². The second kappa shape index (κ2) is 12.0. The van der Waals surface area contributed by atoms with Gasteiger partial charge in [-0.05, 0) is 59.3 Å². The summed E-state index contributed by atoms with van der Waals surface area (Å²) in [5.41, 5.74) is 2.28. The molecule has 0 spiro atoms. The number of aliphatic carboxylic acids is 1. The third kappa shape index (κ3) is 6.80. The van der Waals surface area contributed by atoms with E-state index in [1.54, 1.807) is 54.8 Å². The number of halogens is 2. The first-order valence-corrected chi connectivity index (χ1v) is 11.8. The van der Waals surface area contributed by atoms with Gasteiger partial charge in [0.2, 0.25) is 0 Å². The largest absolute Gasteiger partial charge is 0.489 e. The van der Waals surface area contributed by atoms with Crippen LogP contribution in [-0.2, 0) is 11.4 Å². The molecule has 1 amide bonds. The van der Waals surface area contributed by atoms with Gasteiger partial charge in [-0.25, -0.2) is 8.78 Å². The lowest BCUT2D eigenvalue weighted by Gasteiger charge is -2.19. The van der Waals surface area contributed by atoms with Crippen molar-refractivity contribution in [2.24, 2.45) is 0 Å². The molecule has 1 N–H and O–H groups in total. The second-order valence-electron chi connectivity index (χ2n) is 7.51. The van der Waals surface area contributed by atoms with Crippen molar-refractivity contribution in [3.63, 3.8) is 0 Å². The van der Waals surface area contributed by atoms with Gasteiger partial charge in [-0.3, -0.25) is 9.59 Å². The van der Waals surface area contributed by atoms with Gasteiger partial charge < -0.3 is 14.7 Å². The fourth-order valence-corrected chi connectivity index (χ4v) is 4.02. The summed E-state index contributed by atoms with van der Waals surface area (Å²) in [4.78, 5) is 25.6. The molecule has 6 nitrogen and oxygen atoms in total. The quantitative estimate of drug-likeness (QED) is 0.380. The number of nitriles is 1. The molecule has 0 aromatic heterocycles. The Morgan fingerprint density at radius 3 is 2.46 bits per heavy atom. The van der Waals surface area contributed by atoms with Crippen LogP contribution >= 0.6 is 11.8 Å². The van der Waals surface area contributed by atoms with Crippen molar-refractivity contribution < 1.29 is 28.2 Å². The van der Waals surface area contributed by atoms with Crippen molar-refractivity contribution in [2.75, 3.05) is 19.3 Å². The van der Waals surface area contributed by atoms with Gasteiger partial charge in [0.25, 0.3) is 5.91 Å². The fourth-order valence-electron chi connectivity index (χ4n) is 3.40. The number of carboxylic acids is 1. The lowest BCUT2D eigenvalue weighted by molar-refractivity contribution is -0.137. The minimum absolute atomic E-state index is 0.0188. The molecule has 3 aromatic carbocycles. The molecule has 0 unspecified atom stereocenters. The number of nitrogens with zero attached hydrogens (tertiary/aromatic N) is 2. The summed E-state index contributed by atoms with van der Waals surface area (Å²) >= 11 is 1.32. The summed E-state index contributed by atoms with van der Waals surface area (Å²) in [6.45, 7) is -0.326. The molecular formula is C26H22F2N2O4S. The van der Waals surface area contributed by atoms with Crippen LogP contribution in [0.1, 0.15) is 22.3 Å². The van der Waals surface area contributed by atoms with Gasteiger partial charge in [0, 0.05) is 17.0 Å². The highest BCUT2D eigenvalue weighted by Crippen LogP contribution is 2.33. The van der Waals surface area contributed by atoms with E-state index < -0.39 is 30.1 Å². The Morgan fingerprint density at radius 2 is 1.80 bits per heavy atom. The predicted molar refractivity (Wildman–Crippen MR) is 128 cm³/mol. The van der Waals surface area contributed by atoms with Crippen LogP contribution < -0.4 is 4.74 Å². The van der Waals surface area contributed by atoms with Crippen molar-refractivity contribution in [2.45, 2.75) is 17.9 Å². The standard InChI is InChI=1S/C26H22F2N2O4S/c1-35-24-14-23(28)22(27)13-21(24)18-6-8-20(9-7-18)34-16-17-4-2-5-19(12-17)26(33)30(11-3-10-29)15-25(31)32/h2,4-9,12-14H,3,11,15-16H2,1H3,(H,31,32). The number of hydrogen-bond donors (Lipinski definition) is 1. The first-order chi connectivity index (χ1) is 16.8. The first kappa shape index (κ1) is 25.7. The van der Waals surface area contributed by atoms with Crippen LogP contribution in [0.4, 0.5) is 8.78 Å². The van der Waals surface area contributed by atoms with Gasteiger partial charge in [0.15, 0.2) is 11.6 Å². The zero-order chi connectivity index (χ0) is 25.4. The second-order valence-corrected chi connectivity index (χ2v) is 8.36. The van der Waals surface area contributed by atoms with Crippen LogP contribution in [0.15, 0.2) is 65.6 Å². The Bertz CT molecular complexity index is 1260. The van der Waals surface area contributed by atoms with Gasteiger partial charge in [-0.15, -0.1) is 11.8 Å². The molecule has 0 saturated heterocycles. The maximum atomic E-state index is 13.8. The van der Waals surface area contributed by atoms with Crippen LogP contribution in [-0.4, -0.2) is 41.2 Å². The first-order valence-electron chi connectivity index (χ1n) is 10.6. The van der Waals surface area contributed by atoms with E-state index in [2.05, 4.69) is 0 Å². The maximum Gasteiger partial charge on any atom is 0.323 e. The lowest BCUT2D eigenvalue weighted by Crippen LogP contribution is -2.36. The highest BCUT2D eigenvalue weighted by molar-refractivity contribution is 7.98. The molecule has 9 heteroatoms. The number of hydrogen-bond acceptors (Lipinski definition) is 5. The summed E-state index contributed by atoms with van der Waals surface area (Å²) < 4.78 is 33.1. The van der Waals surface area contributed by atoms with Gasteiger partial charge >= 0.3 is 5.97 Å². The number of carbonyl (C=O) groups excluding carboxylic acids is 1. The minimum atomic E-state index is -1.16. The topological polar surface area (TPSA) is 90.6 Å². The summed E-state index contributed by atoms with van der Waals surface area (Å²) in [5, 5.41) is 17.8. The number of carboxylic acid groups (broad SMARTS) is 1. The van der Waals surface area contributed by atoms with E-state index in [1.165, 1.54) is 23.9 Å². The van der Waals surface area contributed by atoms with Crippen molar-refractivity contribution in [1.29, 1.82) is 5.26 Å². The van der Waals surface area contributed by atoms with E-state index in [9.17, 15) is 18.4 Å². The molecule has 0 aliphatic rings. The van der Waals surface area contributed by atoms with E-state index in [0.717, 1.165) is 4.90 Å². The van der Waals surface area contributed by atoms with E-state index >= 15 is 0 Å². The Labute approximate surface area is 205 Å². The normalized spacial score (nSPS) is 10.5. The van der Waals surface area contributed by atoms with Gasteiger partial charge in [0.1, 0.15) is 18.9 Å². The lowest BCUT2D eigenvalue weighted by atomic mass is 10.1. The average molecular weight is 497 g/mol. The van der Waals surface area contributed by atoms with Gasteiger partial charge in [-0.1, -0.05) is 24.3 Å². The number of ether oxygens (including phenoxy) is 1. The van der Waals surface area contributed by atoms with Crippen LogP contribution in [0.25, 0.3) is 11.1 Å². The fraction of sp³-hybridized carbons (Fsp3) is 0.192. The number of rotatable bonds is 10. The van der Waals surface area contributed by atoms with Crippen molar-refractivity contribution in [1.82, 2.24) is 4.90 Å². The molecule has 0 fully saturated rings. The van der Waals surface area contributed by atoms with Gasteiger partial charge in [0.05, 0.1) is 12.5 Å². The molecule has 0 atom stereocenters. The van der Waals surface area contributed by atoms with Crippen LogP contribution in [0.3, 0.4) is 0 Å². The van der Waals surface area contributed by atoms with Gasteiger partial charge in [-0.2, -0.15) is 5.26 Å². The molecule has 0 bridgehead atoms. The molecular weight excluding hydrogens is 474 g/mol. The zero-order valence-electron chi connectivity index (χ0n) is 18.8. The van der Waals surface area contributed by atoms with Crippen LogP contribution in [0.2, 0.25) is 0 Å². The summed E-state index contributed by atoms with van der Waals surface area (Å²) in [5.74, 6) is -2.91. The Morgan fingerprint density at radius 1 is 1.09 bits per heavy atom. The molecule has 0 aliphatic carbocycles. The summed E-state index contributed by atoms with van der Waals surface area (Å²) in [6, 6.07) is 17.8. The molecule has 0 saturated carbocycles. The number of benzene rings is 3. The summed E-state index contributed by atoms with van der Waals surface area (Å²) in [7, 11) is 0. The number of thioether (sulfide) groups is 1.